The Morgan fingerprint density at radius 2 is 1.89 bits per heavy atom. The van der Waals surface area contributed by atoms with Crippen molar-refractivity contribution in [2.24, 2.45) is 5.10 Å². The first-order valence-corrected chi connectivity index (χ1v) is 11.3. The van der Waals surface area contributed by atoms with Gasteiger partial charge < -0.3 is 14.5 Å². The lowest BCUT2D eigenvalue weighted by molar-refractivity contribution is -0.140. The van der Waals surface area contributed by atoms with Gasteiger partial charge in [0.25, 0.3) is 11.8 Å². The summed E-state index contributed by atoms with van der Waals surface area (Å²) in [5.41, 5.74) is 0.447. The van der Waals surface area contributed by atoms with Gasteiger partial charge in [0.15, 0.2) is 0 Å². The number of amides is 4. The number of carbonyl (C=O) groups excluding carboxylic acids is 3. The van der Waals surface area contributed by atoms with Crippen LogP contribution in [0.5, 0.6) is 5.75 Å². The number of rotatable bonds is 6. The van der Waals surface area contributed by atoms with Gasteiger partial charge in [-0.2, -0.15) is 5.10 Å². The molecule has 1 fully saturated rings. The van der Waals surface area contributed by atoms with E-state index in [9.17, 15) is 18.8 Å². The van der Waals surface area contributed by atoms with E-state index < -0.39 is 41.8 Å². The van der Waals surface area contributed by atoms with Crippen LogP contribution in [0.1, 0.15) is 36.3 Å². The number of hydrogen-bond acceptors (Lipinski definition) is 6. The minimum absolute atomic E-state index is 0.388. The van der Waals surface area contributed by atoms with Crippen molar-refractivity contribution in [1.29, 1.82) is 0 Å². The zero-order valence-electron chi connectivity index (χ0n) is 19.6. The number of halogens is 1. The molecular weight excluding hydrogens is 467 g/mol. The van der Waals surface area contributed by atoms with Crippen molar-refractivity contribution in [2.75, 3.05) is 13.7 Å². The lowest BCUT2D eigenvalue weighted by atomic mass is 9.92. The second-order valence-electron chi connectivity index (χ2n) is 8.70. The summed E-state index contributed by atoms with van der Waals surface area (Å²) in [7, 11) is 1.58. The van der Waals surface area contributed by atoms with Crippen LogP contribution in [0.15, 0.2) is 76.4 Å². The Bertz CT molecular complexity index is 1340. The van der Waals surface area contributed by atoms with Crippen LogP contribution in [0.3, 0.4) is 0 Å². The molecule has 4 amide bonds. The first kappa shape index (κ1) is 23.3. The molecule has 0 bridgehead atoms. The fourth-order valence-corrected chi connectivity index (χ4v) is 4.43. The van der Waals surface area contributed by atoms with E-state index in [1.807, 2.05) is 12.1 Å². The molecule has 2 aromatic carbocycles. The van der Waals surface area contributed by atoms with Crippen LogP contribution in [0.25, 0.3) is 0 Å². The Morgan fingerprint density at radius 1 is 1.17 bits per heavy atom. The molecule has 3 heterocycles. The summed E-state index contributed by atoms with van der Waals surface area (Å²) in [6.07, 6.45) is 1.90. The molecule has 1 aromatic heterocycles. The highest BCUT2D eigenvalue weighted by atomic mass is 19.1. The molecule has 2 aliphatic heterocycles. The van der Waals surface area contributed by atoms with E-state index in [1.165, 1.54) is 42.5 Å². The average molecular weight is 490 g/mol. The SMILES string of the molecule is COc1ccc(C2=NN(C(=O)CN3C(=O)NC(C)(c4ccc(F)cc4)C3=O)C(c3ccco3)C2)cc1. The fourth-order valence-electron chi connectivity index (χ4n) is 4.43. The summed E-state index contributed by atoms with van der Waals surface area (Å²) in [4.78, 5) is 40.2. The van der Waals surface area contributed by atoms with E-state index in [4.69, 9.17) is 9.15 Å². The van der Waals surface area contributed by atoms with E-state index in [2.05, 4.69) is 10.4 Å². The van der Waals surface area contributed by atoms with Crippen LogP contribution in [-0.4, -0.2) is 47.1 Å². The average Bonchev–Trinajstić information content (AvgIpc) is 3.61. The van der Waals surface area contributed by atoms with Gasteiger partial charge in [-0.25, -0.2) is 14.2 Å². The summed E-state index contributed by atoms with van der Waals surface area (Å²) in [6.45, 7) is 1.00. The Balaban J connectivity index is 1.40. The number of nitrogens with zero attached hydrogens (tertiary/aromatic N) is 3. The second kappa shape index (κ2) is 8.95. The molecule has 5 rings (SSSR count). The largest absolute Gasteiger partial charge is 0.497 e. The Kier molecular flexibility index (Phi) is 5.79. The number of furan rings is 1. The maximum Gasteiger partial charge on any atom is 0.325 e. The molecule has 3 aromatic rings. The summed E-state index contributed by atoms with van der Waals surface area (Å²) < 4.78 is 24.1. The van der Waals surface area contributed by atoms with Gasteiger partial charge in [0.1, 0.15) is 35.5 Å². The first-order valence-electron chi connectivity index (χ1n) is 11.3. The minimum atomic E-state index is -1.42. The standard InChI is InChI=1S/C26H23FN4O5/c1-26(17-7-9-18(27)10-8-17)24(33)30(25(34)28-26)15-23(32)31-21(22-4-3-13-36-22)14-20(29-31)16-5-11-19(35-2)12-6-16/h3-13,21H,14-15H2,1-2H3,(H,28,34). The number of imide groups is 1. The number of benzene rings is 2. The molecule has 0 saturated carbocycles. The van der Waals surface area contributed by atoms with E-state index in [0.29, 0.717) is 29.2 Å². The third-order valence-electron chi connectivity index (χ3n) is 6.45. The number of nitrogens with one attached hydrogen (secondary N) is 1. The molecule has 9 nitrogen and oxygen atoms in total. The van der Waals surface area contributed by atoms with Gasteiger partial charge in [-0.3, -0.25) is 14.5 Å². The van der Waals surface area contributed by atoms with Crippen molar-refractivity contribution in [3.8, 4) is 5.75 Å². The molecular formula is C26H23FN4O5. The van der Waals surface area contributed by atoms with E-state index in [-0.39, 0.29) is 0 Å². The van der Waals surface area contributed by atoms with Crippen LogP contribution in [0, 0.1) is 5.82 Å². The van der Waals surface area contributed by atoms with Gasteiger partial charge in [0.2, 0.25) is 0 Å². The third-order valence-corrected chi connectivity index (χ3v) is 6.45. The van der Waals surface area contributed by atoms with Crippen LogP contribution in [0.4, 0.5) is 9.18 Å². The third kappa shape index (κ3) is 4.00. The normalized spacial score (nSPS) is 21.5. The maximum absolute atomic E-state index is 13.4. The monoisotopic (exact) mass is 490 g/mol. The van der Waals surface area contributed by atoms with Crippen molar-refractivity contribution in [3.63, 3.8) is 0 Å². The molecule has 10 heteroatoms. The van der Waals surface area contributed by atoms with E-state index >= 15 is 0 Å². The molecule has 1 saturated heterocycles. The number of methoxy groups -OCH3 is 1. The predicted molar refractivity (Wildman–Crippen MR) is 126 cm³/mol. The Morgan fingerprint density at radius 3 is 2.53 bits per heavy atom. The van der Waals surface area contributed by atoms with Gasteiger partial charge >= 0.3 is 6.03 Å². The number of hydrogen-bond donors (Lipinski definition) is 1. The van der Waals surface area contributed by atoms with Crippen molar-refractivity contribution >= 4 is 23.6 Å². The van der Waals surface area contributed by atoms with Crippen LogP contribution >= 0.6 is 0 Å². The van der Waals surface area contributed by atoms with Gasteiger partial charge in [-0.1, -0.05) is 12.1 Å². The molecule has 2 atom stereocenters. The van der Waals surface area contributed by atoms with Crippen molar-refractivity contribution in [1.82, 2.24) is 15.2 Å². The quantitative estimate of drug-likeness (QED) is 0.532. The molecule has 0 spiro atoms. The highest BCUT2D eigenvalue weighted by molar-refractivity contribution is 6.09. The van der Waals surface area contributed by atoms with Crippen LogP contribution in [-0.2, 0) is 15.1 Å². The highest BCUT2D eigenvalue weighted by Gasteiger charge is 2.50. The molecule has 36 heavy (non-hydrogen) atoms. The molecule has 1 N–H and O–H groups in total. The molecule has 0 aliphatic carbocycles. The maximum atomic E-state index is 13.4. The minimum Gasteiger partial charge on any atom is -0.497 e. The van der Waals surface area contributed by atoms with Gasteiger partial charge in [0.05, 0.1) is 19.1 Å². The fraction of sp³-hybridized carbons (Fsp3) is 0.231. The Hall–Kier alpha value is -4.47. The predicted octanol–water partition coefficient (Wildman–Crippen LogP) is 3.57. The van der Waals surface area contributed by atoms with Gasteiger partial charge in [-0.15, -0.1) is 0 Å². The van der Waals surface area contributed by atoms with Gasteiger partial charge in [0, 0.05) is 6.42 Å². The summed E-state index contributed by atoms with van der Waals surface area (Å²) in [5.74, 6) is -0.401. The topological polar surface area (TPSA) is 104 Å². The molecule has 2 unspecified atom stereocenters. The lowest BCUT2D eigenvalue weighted by Crippen LogP contribution is -2.43. The summed E-state index contributed by atoms with van der Waals surface area (Å²) in [5, 5.41) is 8.42. The van der Waals surface area contributed by atoms with E-state index in [1.54, 1.807) is 31.4 Å². The summed E-state index contributed by atoms with van der Waals surface area (Å²) >= 11 is 0. The number of carbonyl (C=O) groups is 3. The van der Waals surface area contributed by atoms with Crippen molar-refractivity contribution in [2.45, 2.75) is 24.9 Å². The number of hydrazone groups is 1. The smallest absolute Gasteiger partial charge is 0.325 e. The first-order chi connectivity index (χ1) is 17.3. The van der Waals surface area contributed by atoms with Crippen molar-refractivity contribution in [3.05, 3.63) is 89.6 Å². The van der Waals surface area contributed by atoms with Crippen LogP contribution in [0.2, 0.25) is 0 Å². The van der Waals surface area contributed by atoms with Crippen molar-refractivity contribution < 1.29 is 27.9 Å². The number of ether oxygens (including phenoxy) is 1. The summed E-state index contributed by atoms with van der Waals surface area (Å²) in [6, 6.07) is 14.8. The molecule has 0 radical (unpaired) electrons. The number of urea groups is 1. The zero-order chi connectivity index (χ0) is 25.4. The van der Waals surface area contributed by atoms with E-state index in [0.717, 1.165) is 10.5 Å². The zero-order valence-corrected chi connectivity index (χ0v) is 19.6. The molecule has 184 valence electrons. The van der Waals surface area contributed by atoms with Gasteiger partial charge in [-0.05, 0) is 66.6 Å². The van der Waals surface area contributed by atoms with Crippen LogP contribution < -0.4 is 10.1 Å². The highest BCUT2D eigenvalue weighted by Crippen LogP contribution is 2.34. The Labute approximate surface area is 206 Å². The second-order valence-corrected chi connectivity index (χ2v) is 8.70. The molecule has 2 aliphatic rings. The lowest BCUT2D eigenvalue weighted by Gasteiger charge is -2.24.